The molecule has 10 heteroatoms. The van der Waals surface area contributed by atoms with Crippen LogP contribution < -0.4 is 0 Å². The second-order valence-corrected chi connectivity index (χ2v) is 6.65. The SMILES string of the molecule is O=S(=O)(O)C(CC1CCCCC1)(C(F)(F)F)C(F)(F)F. The molecule has 0 radical (unpaired) electrons. The second kappa shape index (κ2) is 5.36. The summed E-state index contributed by atoms with van der Waals surface area (Å²) in [5.74, 6) is -1.03. The van der Waals surface area contributed by atoms with Crippen LogP contribution in [-0.4, -0.2) is 30.1 Å². The van der Waals surface area contributed by atoms with Crippen LogP contribution in [0.3, 0.4) is 0 Å². The van der Waals surface area contributed by atoms with Crippen LogP contribution >= 0.6 is 0 Å². The molecule has 0 heterocycles. The van der Waals surface area contributed by atoms with Crippen molar-refractivity contribution in [1.82, 2.24) is 0 Å². The van der Waals surface area contributed by atoms with Gasteiger partial charge in [-0.1, -0.05) is 32.1 Å². The first-order chi connectivity index (χ1) is 8.83. The summed E-state index contributed by atoms with van der Waals surface area (Å²) in [7, 11) is -6.39. The molecule has 0 atom stereocenters. The summed E-state index contributed by atoms with van der Waals surface area (Å²) in [4.78, 5) is 0. The zero-order valence-electron chi connectivity index (χ0n) is 10.3. The van der Waals surface area contributed by atoms with Gasteiger partial charge in [-0.3, -0.25) is 4.55 Å². The number of alkyl halides is 6. The summed E-state index contributed by atoms with van der Waals surface area (Å²) >= 11 is 0. The fraction of sp³-hybridized carbons (Fsp3) is 1.00. The number of halogens is 6. The Balaban J connectivity index is 3.31. The Morgan fingerprint density at radius 3 is 1.60 bits per heavy atom. The van der Waals surface area contributed by atoms with Crippen molar-refractivity contribution < 1.29 is 39.3 Å². The van der Waals surface area contributed by atoms with Crippen molar-refractivity contribution in [1.29, 1.82) is 0 Å². The molecule has 1 N–H and O–H groups in total. The van der Waals surface area contributed by atoms with Crippen molar-refractivity contribution >= 4 is 10.1 Å². The summed E-state index contributed by atoms with van der Waals surface area (Å²) in [5, 5.41) is 0. The van der Waals surface area contributed by atoms with Crippen molar-refractivity contribution in [2.24, 2.45) is 5.92 Å². The van der Waals surface area contributed by atoms with Gasteiger partial charge < -0.3 is 0 Å². The average Bonchev–Trinajstić information content (AvgIpc) is 2.22. The zero-order chi connectivity index (χ0) is 15.8. The van der Waals surface area contributed by atoms with E-state index >= 15 is 0 Å². The standard InChI is InChI=1S/C10H14F6O3S/c11-9(12,13)8(10(14,15)16,20(17,18)19)6-7-4-2-1-3-5-7/h7H,1-6H2,(H,17,18,19). The Kier molecular flexibility index (Phi) is 4.70. The molecule has 0 spiro atoms. The van der Waals surface area contributed by atoms with Crippen LogP contribution in [0, 0.1) is 5.92 Å². The molecule has 0 unspecified atom stereocenters. The summed E-state index contributed by atoms with van der Waals surface area (Å²) < 4.78 is 103. The Morgan fingerprint density at radius 1 is 0.900 bits per heavy atom. The molecule has 1 aliphatic carbocycles. The van der Waals surface area contributed by atoms with Crippen LogP contribution in [0.2, 0.25) is 0 Å². The lowest BCUT2D eigenvalue weighted by Gasteiger charge is -2.37. The van der Waals surface area contributed by atoms with Gasteiger partial charge in [0.15, 0.2) is 0 Å². The number of rotatable bonds is 3. The molecule has 0 saturated heterocycles. The molecule has 20 heavy (non-hydrogen) atoms. The molecule has 0 aromatic rings. The Morgan fingerprint density at radius 2 is 1.30 bits per heavy atom. The number of hydrogen-bond donors (Lipinski definition) is 1. The predicted molar refractivity (Wildman–Crippen MR) is 57.6 cm³/mol. The molecule has 0 aromatic carbocycles. The minimum atomic E-state index is -6.39. The van der Waals surface area contributed by atoms with E-state index in [4.69, 9.17) is 4.55 Å². The molecule has 3 nitrogen and oxygen atoms in total. The van der Waals surface area contributed by atoms with Crippen molar-refractivity contribution in [3.63, 3.8) is 0 Å². The fourth-order valence-corrected chi connectivity index (χ4v) is 3.62. The maximum Gasteiger partial charge on any atom is 0.419 e. The van der Waals surface area contributed by atoms with E-state index in [1.807, 2.05) is 0 Å². The van der Waals surface area contributed by atoms with Crippen LogP contribution in [0.25, 0.3) is 0 Å². The van der Waals surface area contributed by atoms with Gasteiger partial charge in [-0.25, -0.2) is 0 Å². The first kappa shape index (κ1) is 17.5. The maximum atomic E-state index is 12.9. The van der Waals surface area contributed by atoms with Gasteiger partial charge in [0.05, 0.1) is 0 Å². The highest BCUT2D eigenvalue weighted by Crippen LogP contribution is 2.53. The molecule has 0 aromatic heterocycles. The molecular weight excluding hydrogens is 314 g/mol. The fourth-order valence-electron chi connectivity index (χ4n) is 2.59. The summed E-state index contributed by atoms with van der Waals surface area (Å²) in [6.07, 6.45) is -12.2. The largest absolute Gasteiger partial charge is 0.419 e. The predicted octanol–water partition coefficient (Wildman–Crippen LogP) is 3.71. The summed E-state index contributed by atoms with van der Waals surface area (Å²) in [6.45, 7) is 0. The van der Waals surface area contributed by atoms with Gasteiger partial charge in [0.2, 0.25) is 0 Å². The van der Waals surface area contributed by atoms with Gasteiger partial charge in [-0.2, -0.15) is 34.8 Å². The normalized spacial score (nSPS) is 20.1. The molecule has 0 aliphatic heterocycles. The third kappa shape index (κ3) is 3.05. The highest BCUT2D eigenvalue weighted by atomic mass is 32.2. The topological polar surface area (TPSA) is 54.4 Å². The minimum Gasteiger partial charge on any atom is -0.285 e. The second-order valence-electron chi connectivity index (χ2n) is 5.01. The first-order valence-electron chi connectivity index (χ1n) is 5.93. The van der Waals surface area contributed by atoms with Gasteiger partial charge in [0, 0.05) is 0 Å². The molecule has 1 aliphatic rings. The van der Waals surface area contributed by atoms with Crippen LogP contribution in [0.15, 0.2) is 0 Å². The van der Waals surface area contributed by atoms with Crippen molar-refractivity contribution in [2.75, 3.05) is 0 Å². The smallest absolute Gasteiger partial charge is 0.285 e. The molecule has 1 rings (SSSR count). The summed E-state index contributed by atoms with van der Waals surface area (Å²) in [6, 6.07) is 0. The first-order valence-corrected chi connectivity index (χ1v) is 7.37. The Hall–Kier alpha value is -0.510. The van der Waals surface area contributed by atoms with Crippen molar-refractivity contribution in [2.45, 2.75) is 55.6 Å². The lowest BCUT2D eigenvalue weighted by molar-refractivity contribution is -0.273. The molecule has 0 amide bonds. The minimum absolute atomic E-state index is 0.0867. The summed E-state index contributed by atoms with van der Waals surface area (Å²) in [5.41, 5.74) is 0. The average molecular weight is 328 g/mol. The quantitative estimate of drug-likeness (QED) is 0.635. The highest BCUT2D eigenvalue weighted by Gasteiger charge is 2.78. The lowest BCUT2D eigenvalue weighted by Crippen LogP contribution is -2.62. The van der Waals surface area contributed by atoms with Crippen molar-refractivity contribution in [3.05, 3.63) is 0 Å². The van der Waals surface area contributed by atoms with E-state index < -0.39 is 39.6 Å². The Labute approximate surface area is 112 Å². The van der Waals surface area contributed by atoms with Gasteiger partial charge in [0.25, 0.3) is 14.9 Å². The molecule has 1 fully saturated rings. The molecule has 120 valence electrons. The van der Waals surface area contributed by atoms with Crippen molar-refractivity contribution in [3.8, 4) is 0 Å². The number of hydrogen-bond acceptors (Lipinski definition) is 2. The van der Waals surface area contributed by atoms with Crippen LogP contribution in [-0.2, 0) is 10.1 Å². The van der Waals surface area contributed by atoms with E-state index in [0.717, 1.165) is 0 Å². The molecule has 0 bridgehead atoms. The van der Waals surface area contributed by atoms with E-state index in [1.54, 1.807) is 0 Å². The van der Waals surface area contributed by atoms with E-state index in [1.165, 1.54) is 0 Å². The van der Waals surface area contributed by atoms with Crippen LogP contribution in [0.1, 0.15) is 38.5 Å². The third-order valence-electron chi connectivity index (χ3n) is 3.66. The van der Waals surface area contributed by atoms with E-state index in [-0.39, 0.29) is 12.8 Å². The van der Waals surface area contributed by atoms with Gasteiger partial charge >= 0.3 is 12.4 Å². The van der Waals surface area contributed by atoms with Gasteiger partial charge in [-0.15, -0.1) is 0 Å². The molecule has 1 saturated carbocycles. The molecular formula is C10H14F6O3S. The van der Waals surface area contributed by atoms with Gasteiger partial charge in [0.1, 0.15) is 0 Å². The van der Waals surface area contributed by atoms with Crippen LogP contribution in [0.4, 0.5) is 26.3 Å². The van der Waals surface area contributed by atoms with E-state index in [9.17, 15) is 34.8 Å². The zero-order valence-corrected chi connectivity index (χ0v) is 11.1. The highest BCUT2D eigenvalue weighted by molar-refractivity contribution is 7.87. The lowest BCUT2D eigenvalue weighted by atomic mass is 9.82. The third-order valence-corrected chi connectivity index (χ3v) is 5.17. The Bertz CT molecular complexity index is 419. The van der Waals surface area contributed by atoms with Gasteiger partial charge in [-0.05, 0) is 12.3 Å². The van der Waals surface area contributed by atoms with E-state index in [2.05, 4.69) is 0 Å². The monoisotopic (exact) mass is 328 g/mol. The van der Waals surface area contributed by atoms with Crippen LogP contribution in [0.5, 0.6) is 0 Å². The maximum absolute atomic E-state index is 12.9. The van der Waals surface area contributed by atoms with E-state index in [0.29, 0.717) is 19.3 Å².